The van der Waals surface area contributed by atoms with Gasteiger partial charge in [-0.2, -0.15) is 17.5 Å². The van der Waals surface area contributed by atoms with Crippen molar-refractivity contribution in [2.45, 2.75) is 45.4 Å². The van der Waals surface area contributed by atoms with E-state index in [-0.39, 0.29) is 33.6 Å². The molecule has 1 N–H and O–H groups in total. The number of morpholine rings is 1. The number of carbonyl (C=O) groups excluding carboxylic acids is 2. The lowest BCUT2D eigenvalue weighted by molar-refractivity contribution is -0.140. The fourth-order valence-corrected chi connectivity index (χ4v) is 6.11. The van der Waals surface area contributed by atoms with Crippen molar-refractivity contribution in [2.24, 2.45) is 0 Å². The zero-order valence-electron chi connectivity index (χ0n) is 23.8. The molecule has 0 spiro atoms. The molecule has 0 unspecified atom stereocenters. The first-order valence-electron chi connectivity index (χ1n) is 13.7. The highest BCUT2D eigenvalue weighted by molar-refractivity contribution is 7.13. The molecule has 9 nitrogen and oxygen atoms in total. The number of aromatic nitrogens is 2. The summed E-state index contributed by atoms with van der Waals surface area (Å²) in [4.78, 5) is 33.8. The zero-order chi connectivity index (χ0) is 30.2. The average molecular weight is 607 g/mol. The van der Waals surface area contributed by atoms with Crippen molar-refractivity contribution in [3.8, 4) is 5.75 Å². The highest BCUT2D eigenvalue weighted by Crippen LogP contribution is 2.46. The van der Waals surface area contributed by atoms with Gasteiger partial charge < -0.3 is 24.1 Å². The maximum atomic E-state index is 14.0. The highest BCUT2D eigenvalue weighted by atomic mass is 32.1. The van der Waals surface area contributed by atoms with E-state index in [1.165, 1.54) is 11.1 Å². The number of carbonyl (C=O) groups is 2. The van der Waals surface area contributed by atoms with Gasteiger partial charge in [0, 0.05) is 48.7 Å². The van der Waals surface area contributed by atoms with Crippen LogP contribution in [0.5, 0.6) is 5.75 Å². The molecule has 0 radical (unpaired) electrons. The maximum absolute atomic E-state index is 14.0. The van der Waals surface area contributed by atoms with Crippen molar-refractivity contribution >= 4 is 39.2 Å². The second-order valence-corrected chi connectivity index (χ2v) is 12.0. The summed E-state index contributed by atoms with van der Waals surface area (Å²) in [6.07, 6.45) is -3.81. The number of H-pyrrole nitrogens is 1. The van der Waals surface area contributed by atoms with Crippen LogP contribution in [-0.2, 0) is 25.9 Å². The van der Waals surface area contributed by atoms with Crippen LogP contribution in [-0.4, -0.2) is 83.1 Å². The Morgan fingerprint density at radius 3 is 2.50 bits per heavy atom. The fraction of sp³-hybridized carbons (Fsp3) is 0.483. The molecule has 1 aromatic carbocycles. The summed E-state index contributed by atoms with van der Waals surface area (Å²) in [6, 6.07) is 6.66. The van der Waals surface area contributed by atoms with Gasteiger partial charge in [-0.25, -0.2) is 4.79 Å². The first-order chi connectivity index (χ1) is 19.8. The van der Waals surface area contributed by atoms with Gasteiger partial charge in [0.1, 0.15) is 17.2 Å². The van der Waals surface area contributed by atoms with Crippen LogP contribution in [0, 0.1) is 0 Å². The average Bonchev–Trinajstić information content (AvgIpc) is 3.47. The summed E-state index contributed by atoms with van der Waals surface area (Å²) in [5.74, 6) is -0.561. The molecule has 0 bridgehead atoms. The molecule has 0 aliphatic carbocycles. The topological polar surface area (TPSA) is 97.0 Å². The van der Waals surface area contributed by atoms with Crippen LogP contribution in [0.4, 0.5) is 13.2 Å². The molecule has 2 aliphatic rings. The van der Waals surface area contributed by atoms with Crippen molar-refractivity contribution in [2.75, 3.05) is 46.0 Å². The summed E-state index contributed by atoms with van der Waals surface area (Å²) in [6.45, 7) is 11.2. The number of rotatable bonds is 7. The van der Waals surface area contributed by atoms with Crippen LogP contribution in [0.15, 0.2) is 30.5 Å². The van der Waals surface area contributed by atoms with Crippen LogP contribution in [0.2, 0.25) is 0 Å². The molecule has 13 heteroatoms. The lowest BCUT2D eigenvalue weighted by Gasteiger charge is -2.29. The second-order valence-electron chi connectivity index (χ2n) is 11.2. The number of nitrogens with one attached hydrogen (secondary N) is 1. The van der Waals surface area contributed by atoms with Crippen molar-refractivity contribution in [3.05, 3.63) is 53.0 Å². The largest absolute Gasteiger partial charge is 0.492 e. The van der Waals surface area contributed by atoms with E-state index in [2.05, 4.69) is 14.3 Å². The van der Waals surface area contributed by atoms with Gasteiger partial charge in [0.2, 0.25) is 0 Å². The third-order valence-electron chi connectivity index (χ3n) is 7.20. The van der Waals surface area contributed by atoms with Crippen molar-refractivity contribution in [3.63, 3.8) is 0 Å². The first kappa shape index (κ1) is 30.1. The second kappa shape index (κ2) is 11.7. The first-order valence-corrected chi connectivity index (χ1v) is 14.5. The number of esters is 1. The number of ether oxygens (including phenoxy) is 3. The molecule has 4 heterocycles. The molecule has 1 saturated heterocycles. The molecule has 42 heavy (non-hydrogen) atoms. The van der Waals surface area contributed by atoms with E-state index in [1.807, 2.05) is 0 Å². The predicted octanol–water partition coefficient (Wildman–Crippen LogP) is 5.08. The summed E-state index contributed by atoms with van der Waals surface area (Å²) < 4.78 is 62.2. The number of hydrogen-bond donors (Lipinski definition) is 1. The Bertz CT molecular complexity index is 1490. The van der Waals surface area contributed by atoms with Gasteiger partial charge in [0.05, 0.1) is 30.6 Å². The van der Waals surface area contributed by atoms with Gasteiger partial charge in [0.25, 0.3) is 5.91 Å². The Hall–Kier alpha value is -3.42. The summed E-state index contributed by atoms with van der Waals surface area (Å²) in [7, 11) is 0. The van der Waals surface area contributed by atoms with E-state index >= 15 is 0 Å². The molecule has 0 atom stereocenters. The Morgan fingerprint density at radius 2 is 1.86 bits per heavy atom. The lowest BCUT2D eigenvalue weighted by atomic mass is 9.81. The summed E-state index contributed by atoms with van der Waals surface area (Å²) in [5, 5.41) is -0.0939. The quantitative estimate of drug-likeness (QED) is 0.375. The zero-order valence-corrected chi connectivity index (χ0v) is 24.7. The van der Waals surface area contributed by atoms with Crippen LogP contribution in [0.25, 0.3) is 15.8 Å². The third-order valence-corrected chi connectivity index (χ3v) is 7.96. The molecule has 2 aromatic heterocycles. The van der Waals surface area contributed by atoms with Crippen molar-refractivity contribution in [1.82, 2.24) is 19.2 Å². The predicted molar refractivity (Wildman–Crippen MR) is 151 cm³/mol. The standard InChI is InChI=1S/C29H33F3N4O5S/c1-17(2)41-27(38)20-15-36(16-28(3,4)22-21-24(29(30,31)32)34-42-25(21)33-23(20)22)26(37)18-5-7-19(8-6-18)40-14-11-35-9-12-39-13-10-35/h5-8,15,17,33H,9-14,16H2,1-4H3. The number of halogens is 3. The number of nitrogens with zero attached hydrogens (tertiary/aromatic N) is 3. The van der Waals surface area contributed by atoms with Crippen LogP contribution < -0.4 is 4.74 Å². The van der Waals surface area contributed by atoms with Gasteiger partial charge in [-0.05, 0) is 55.2 Å². The van der Waals surface area contributed by atoms with Crippen LogP contribution in [0.1, 0.15) is 55.0 Å². The molecule has 1 amide bonds. The molecule has 3 aromatic rings. The number of aromatic amines is 1. The Kier molecular flexibility index (Phi) is 8.37. The Balaban J connectivity index is 1.44. The molecular weight excluding hydrogens is 573 g/mol. The number of amides is 1. The maximum Gasteiger partial charge on any atom is 0.435 e. The Morgan fingerprint density at radius 1 is 1.17 bits per heavy atom. The number of benzene rings is 1. The lowest BCUT2D eigenvalue weighted by Crippen LogP contribution is -2.38. The van der Waals surface area contributed by atoms with E-state index in [0.29, 0.717) is 42.7 Å². The highest BCUT2D eigenvalue weighted by Gasteiger charge is 2.44. The van der Waals surface area contributed by atoms with Gasteiger partial charge in [-0.15, -0.1) is 0 Å². The molecule has 2 aliphatic heterocycles. The normalized spacial score (nSPS) is 17.6. The van der Waals surface area contributed by atoms with Gasteiger partial charge in [0.15, 0.2) is 5.69 Å². The number of hydrogen-bond acceptors (Lipinski definition) is 8. The van der Waals surface area contributed by atoms with Gasteiger partial charge in [-0.3, -0.25) is 9.69 Å². The van der Waals surface area contributed by atoms with E-state index in [4.69, 9.17) is 14.2 Å². The van der Waals surface area contributed by atoms with Gasteiger partial charge in [-0.1, -0.05) is 13.8 Å². The van der Waals surface area contributed by atoms with E-state index in [0.717, 1.165) is 19.6 Å². The number of alkyl halides is 3. The molecule has 1 fully saturated rings. The molecule has 5 rings (SSSR count). The molecule has 0 saturated carbocycles. The van der Waals surface area contributed by atoms with Crippen molar-refractivity contribution < 1.29 is 37.0 Å². The summed E-state index contributed by atoms with van der Waals surface area (Å²) >= 11 is 0.683. The smallest absolute Gasteiger partial charge is 0.435 e. The van der Waals surface area contributed by atoms with E-state index in [9.17, 15) is 22.8 Å². The fourth-order valence-electron chi connectivity index (χ4n) is 5.29. The number of fused-ring (bicyclic) bond motifs is 3. The minimum absolute atomic E-state index is 0.00912. The third kappa shape index (κ3) is 6.18. The van der Waals surface area contributed by atoms with Gasteiger partial charge >= 0.3 is 12.1 Å². The van der Waals surface area contributed by atoms with E-state index < -0.39 is 35.3 Å². The summed E-state index contributed by atoms with van der Waals surface area (Å²) in [5.41, 5.74) is -1.25. The monoisotopic (exact) mass is 606 g/mol. The Labute approximate surface area is 245 Å². The van der Waals surface area contributed by atoms with Crippen LogP contribution in [0.3, 0.4) is 0 Å². The minimum Gasteiger partial charge on any atom is -0.492 e. The van der Waals surface area contributed by atoms with Crippen molar-refractivity contribution in [1.29, 1.82) is 0 Å². The SMILES string of the molecule is CC(C)OC(=O)C1=CN(C(=O)c2ccc(OCCN3CCOCC3)cc2)CC(C)(C)c2c1[nH]c1snc(C(F)(F)F)c21. The molecular formula is C29H33F3N4O5S. The minimum atomic E-state index is -4.69. The van der Waals surface area contributed by atoms with Crippen LogP contribution >= 0.6 is 11.5 Å². The van der Waals surface area contributed by atoms with E-state index in [1.54, 1.807) is 52.0 Å². The molecule has 226 valence electrons.